The molecule has 0 fully saturated rings. The standard InChI is InChI=1S/C14H17NO3/c1-9(16)15-8-14(3,4)12-7-11(18-10(2)17)5-6-13(12)15/h5-7H,8H2,1-4H3. The van der Waals surface area contributed by atoms with Crippen molar-refractivity contribution in [1.82, 2.24) is 0 Å². The first-order valence-electron chi connectivity index (χ1n) is 5.92. The zero-order valence-electron chi connectivity index (χ0n) is 11.1. The Balaban J connectivity index is 2.46. The molecule has 96 valence electrons. The lowest BCUT2D eigenvalue weighted by Crippen LogP contribution is -2.31. The Morgan fingerprint density at radius 2 is 1.94 bits per heavy atom. The van der Waals surface area contributed by atoms with E-state index in [1.165, 1.54) is 6.92 Å². The molecule has 4 nitrogen and oxygen atoms in total. The lowest BCUT2D eigenvalue weighted by molar-refractivity contribution is -0.131. The molecule has 0 atom stereocenters. The maximum absolute atomic E-state index is 11.6. The van der Waals surface area contributed by atoms with Gasteiger partial charge in [-0.2, -0.15) is 0 Å². The second-order valence-electron chi connectivity index (χ2n) is 5.26. The van der Waals surface area contributed by atoms with Crippen LogP contribution in [-0.4, -0.2) is 18.4 Å². The van der Waals surface area contributed by atoms with Gasteiger partial charge in [-0.25, -0.2) is 0 Å². The number of carbonyl (C=O) groups is 2. The fourth-order valence-electron chi connectivity index (χ4n) is 2.37. The van der Waals surface area contributed by atoms with E-state index in [4.69, 9.17) is 4.74 Å². The maximum Gasteiger partial charge on any atom is 0.308 e. The molecule has 2 rings (SSSR count). The topological polar surface area (TPSA) is 46.6 Å². The molecule has 1 aliphatic heterocycles. The summed E-state index contributed by atoms with van der Waals surface area (Å²) in [5, 5.41) is 0. The first-order valence-corrected chi connectivity index (χ1v) is 5.92. The average molecular weight is 247 g/mol. The molecule has 0 saturated heterocycles. The summed E-state index contributed by atoms with van der Waals surface area (Å²) in [6.07, 6.45) is 0. The SMILES string of the molecule is CC(=O)Oc1ccc2c(c1)C(C)(C)CN2C(C)=O. The van der Waals surface area contributed by atoms with Crippen LogP contribution in [0.4, 0.5) is 5.69 Å². The van der Waals surface area contributed by atoms with Crippen molar-refractivity contribution in [3.05, 3.63) is 23.8 Å². The monoisotopic (exact) mass is 247 g/mol. The van der Waals surface area contributed by atoms with Gasteiger partial charge >= 0.3 is 5.97 Å². The van der Waals surface area contributed by atoms with E-state index in [1.807, 2.05) is 12.1 Å². The molecule has 0 aromatic heterocycles. The minimum Gasteiger partial charge on any atom is -0.427 e. The summed E-state index contributed by atoms with van der Waals surface area (Å²) in [5.74, 6) is 0.218. The van der Waals surface area contributed by atoms with E-state index >= 15 is 0 Å². The molecule has 0 saturated carbocycles. The quantitative estimate of drug-likeness (QED) is 0.565. The summed E-state index contributed by atoms with van der Waals surface area (Å²) < 4.78 is 5.09. The number of ether oxygens (including phenoxy) is 1. The molecule has 0 aliphatic carbocycles. The predicted octanol–water partition coefficient (Wildman–Crippen LogP) is 2.26. The number of hydrogen-bond donors (Lipinski definition) is 0. The maximum atomic E-state index is 11.6. The van der Waals surface area contributed by atoms with Crippen molar-refractivity contribution in [2.75, 3.05) is 11.4 Å². The number of anilines is 1. The molecule has 0 spiro atoms. The average Bonchev–Trinajstić information content (AvgIpc) is 2.50. The molecule has 4 heteroatoms. The summed E-state index contributed by atoms with van der Waals surface area (Å²) in [6, 6.07) is 5.40. The van der Waals surface area contributed by atoms with E-state index in [0.29, 0.717) is 12.3 Å². The minimum atomic E-state index is -0.339. The Labute approximate surface area is 107 Å². The van der Waals surface area contributed by atoms with Crippen LogP contribution in [0.15, 0.2) is 18.2 Å². The van der Waals surface area contributed by atoms with Gasteiger partial charge in [-0.3, -0.25) is 9.59 Å². The highest BCUT2D eigenvalue weighted by atomic mass is 16.5. The summed E-state index contributed by atoms with van der Waals surface area (Å²) >= 11 is 0. The first kappa shape index (κ1) is 12.6. The number of esters is 1. The summed E-state index contributed by atoms with van der Waals surface area (Å²) in [4.78, 5) is 24.3. The van der Waals surface area contributed by atoms with E-state index in [2.05, 4.69) is 13.8 Å². The lowest BCUT2D eigenvalue weighted by atomic mass is 9.87. The number of rotatable bonds is 1. The van der Waals surface area contributed by atoms with Crippen LogP contribution in [-0.2, 0) is 15.0 Å². The normalized spacial score (nSPS) is 16.3. The molecule has 0 N–H and O–H groups in total. The Bertz CT molecular complexity index is 520. The predicted molar refractivity (Wildman–Crippen MR) is 68.8 cm³/mol. The third-order valence-electron chi connectivity index (χ3n) is 3.18. The second-order valence-corrected chi connectivity index (χ2v) is 5.26. The van der Waals surface area contributed by atoms with Crippen LogP contribution in [0, 0.1) is 0 Å². The first-order chi connectivity index (χ1) is 8.31. The van der Waals surface area contributed by atoms with Crippen LogP contribution >= 0.6 is 0 Å². The fourth-order valence-corrected chi connectivity index (χ4v) is 2.37. The molecule has 0 bridgehead atoms. The van der Waals surface area contributed by atoms with E-state index in [1.54, 1.807) is 17.9 Å². The van der Waals surface area contributed by atoms with Crippen LogP contribution in [0.2, 0.25) is 0 Å². The number of hydrogen-bond acceptors (Lipinski definition) is 3. The van der Waals surface area contributed by atoms with Crippen LogP contribution in [0.3, 0.4) is 0 Å². The molecular formula is C14H17NO3. The largest absolute Gasteiger partial charge is 0.427 e. The highest BCUT2D eigenvalue weighted by Gasteiger charge is 2.37. The molecule has 1 amide bonds. The van der Waals surface area contributed by atoms with Gasteiger partial charge in [0.2, 0.25) is 5.91 Å². The Kier molecular flexibility index (Phi) is 2.89. The summed E-state index contributed by atoms with van der Waals surface area (Å²) in [6.45, 7) is 7.74. The minimum absolute atomic E-state index is 0.0297. The van der Waals surface area contributed by atoms with Crippen molar-refractivity contribution in [2.45, 2.75) is 33.1 Å². The number of nitrogens with zero attached hydrogens (tertiary/aromatic N) is 1. The Hall–Kier alpha value is -1.84. The van der Waals surface area contributed by atoms with Gasteiger partial charge < -0.3 is 9.64 Å². The van der Waals surface area contributed by atoms with Gasteiger partial charge in [0.15, 0.2) is 0 Å². The van der Waals surface area contributed by atoms with Crippen molar-refractivity contribution >= 4 is 17.6 Å². The molecular weight excluding hydrogens is 230 g/mol. The molecule has 1 aliphatic rings. The molecule has 18 heavy (non-hydrogen) atoms. The van der Waals surface area contributed by atoms with Crippen LogP contribution < -0.4 is 9.64 Å². The van der Waals surface area contributed by atoms with E-state index in [0.717, 1.165) is 11.3 Å². The summed E-state index contributed by atoms with van der Waals surface area (Å²) in [5.41, 5.74) is 1.82. The zero-order valence-corrected chi connectivity index (χ0v) is 11.1. The second kappa shape index (κ2) is 4.12. The Morgan fingerprint density at radius 1 is 1.28 bits per heavy atom. The van der Waals surface area contributed by atoms with Crippen LogP contribution in [0.5, 0.6) is 5.75 Å². The van der Waals surface area contributed by atoms with E-state index < -0.39 is 0 Å². The van der Waals surface area contributed by atoms with Gasteiger partial charge in [0.05, 0.1) is 0 Å². The van der Waals surface area contributed by atoms with Crippen molar-refractivity contribution in [1.29, 1.82) is 0 Å². The van der Waals surface area contributed by atoms with Crippen molar-refractivity contribution < 1.29 is 14.3 Å². The highest BCUT2D eigenvalue weighted by molar-refractivity contribution is 5.94. The van der Waals surface area contributed by atoms with Crippen molar-refractivity contribution in [2.24, 2.45) is 0 Å². The molecule has 0 unspecified atom stereocenters. The number of amides is 1. The number of carbonyl (C=O) groups excluding carboxylic acids is 2. The molecule has 0 radical (unpaired) electrons. The van der Waals surface area contributed by atoms with Crippen LogP contribution in [0.1, 0.15) is 33.3 Å². The highest BCUT2D eigenvalue weighted by Crippen LogP contribution is 2.42. The smallest absolute Gasteiger partial charge is 0.308 e. The molecule has 1 aromatic rings. The van der Waals surface area contributed by atoms with Gasteiger partial charge in [-0.15, -0.1) is 0 Å². The van der Waals surface area contributed by atoms with Gasteiger partial charge in [-0.1, -0.05) is 13.8 Å². The number of benzene rings is 1. The molecule has 1 aromatic carbocycles. The molecule has 1 heterocycles. The van der Waals surface area contributed by atoms with Crippen molar-refractivity contribution in [3.8, 4) is 5.75 Å². The lowest BCUT2D eigenvalue weighted by Gasteiger charge is -2.19. The van der Waals surface area contributed by atoms with Crippen LogP contribution in [0.25, 0.3) is 0 Å². The van der Waals surface area contributed by atoms with Gasteiger partial charge in [-0.05, 0) is 23.8 Å². The summed E-state index contributed by atoms with van der Waals surface area (Å²) in [7, 11) is 0. The van der Waals surface area contributed by atoms with Gasteiger partial charge in [0.25, 0.3) is 0 Å². The fraction of sp³-hybridized carbons (Fsp3) is 0.429. The van der Waals surface area contributed by atoms with Gasteiger partial charge in [0.1, 0.15) is 5.75 Å². The third-order valence-corrected chi connectivity index (χ3v) is 3.18. The number of fused-ring (bicyclic) bond motifs is 1. The van der Waals surface area contributed by atoms with Gasteiger partial charge in [0, 0.05) is 31.5 Å². The van der Waals surface area contributed by atoms with E-state index in [-0.39, 0.29) is 17.3 Å². The van der Waals surface area contributed by atoms with E-state index in [9.17, 15) is 9.59 Å². The zero-order chi connectivity index (χ0) is 13.5. The van der Waals surface area contributed by atoms with Crippen molar-refractivity contribution in [3.63, 3.8) is 0 Å². The third kappa shape index (κ3) is 2.10. The Morgan fingerprint density at radius 3 is 2.50 bits per heavy atom.